The third-order valence-corrected chi connectivity index (χ3v) is 4.95. The van der Waals surface area contributed by atoms with Crippen molar-refractivity contribution in [3.63, 3.8) is 0 Å². The summed E-state index contributed by atoms with van der Waals surface area (Å²) in [4.78, 5) is 11.7. The number of aromatic amines is 1. The molecule has 4 aromatic rings. The second-order valence-electron chi connectivity index (χ2n) is 7.00. The predicted molar refractivity (Wildman–Crippen MR) is 112 cm³/mol. The standard InChI is InChI=1S/C23H21N5O/c24-22(29)15-21(19-7-4-8-20(14-19)23-25-27-28-26-23)13-16-9-11-18(12-10-16)17-5-2-1-3-6-17/h1-12,14,21H,13,15H2,(H2,24,29)(H,25,26,27,28). The average Bonchev–Trinajstić information content (AvgIpc) is 3.29. The summed E-state index contributed by atoms with van der Waals surface area (Å²) in [5, 5.41) is 14.1. The number of nitrogens with two attached hydrogens (primary N) is 1. The highest BCUT2D eigenvalue weighted by molar-refractivity contribution is 5.75. The first-order valence-electron chi connectivity index (χ1n) is 9.45. The molecule has 1 unspecified atom stereocenters. The highest BCUT2D eigenvalue weighted by atomic mass is 16.1. The van der Waals surface area contributed by atoms with Crippen molar-refractivity contribution in [3.05, 3.63) is 90.0 Å². The van der Waals surface area contributed by atoms with E-state index in [9.17, 15) is 4.79 Å². The van der Waals surface area contributed by atoms with Gasteiger partial charge in [0, 0.05) is 12.0 Å². The normalized spacial score (nSPS) is 11.9. The van der Waals surface area contributed by atoms with Gasteiger partial charge in [0.1, 0.15) is 0 Å². The highest BCUT2D eigenvalue weighted by Crippen LogP contribution is 2.28. The van der Waals surface area contributed by atoms with E-state index in [0.29, 0.717) is 12.2 Å². The first-order valence-corrected chi connectivity index (χ1v) is 9.45. The van der Waals surface area contributed by atoms with Gasteiger partial charge in [0.05, 0.1) is 0 Å². The lowest BCUT2D eigenvalue weighted by Crippen LogP contribution is -2.17. The van der Waals surface area contributed by atoms with Gasteiger partial charge in [-0.25, -0.2) is 0 Å². The molecule has 0 fully saturated rings. The quantitative estimate of drug-likeness (QED) is 0.508. The molecule has 0 saturated heterocycles. The summed E-state index contributed by atoms with van der Waals surface area (Å²) in [7, 11) is 0. The minimum Gasteiger partial charge on any atom is -0.370 e. The Morgan fingerprint density at radius 1 is 0.897 bits per heavy atom. The maximum Gasteiger partial charge on any atom is 0.218 e. The first kappa shape index (κ1) is 18.6. The van der Waals surface area contributed by atoms with Crippen molar-refractivity contribution in [1.82, 2.24) is 20.6 Å². The summed E-state index contributed by atoms with van der Waals surface area (Å²) in [5.74, 6) is 0.180. The number of carbonyl (C=O) groups excluding carboxylic acids is 1. The van der Waals surface area contributed by atoms with Gasteiger partial charge in [-0.2, -0.15) is 5.21 Å². The molecule has 0 bridgehead atoms. The number of nitrogens with zero attached hydrogens (tertiary/aromatic N) is 3. The average molecular weight is 383 g/mol. The zero-order chi connectivity index (χ0) is 20.1. The van der Waals surface area contributed by atoms with Crippen LogP contribution < -0.4 is 5.73 Å². The molecule has 3 N–H and O–H groups in total. The molecule has 0 aliphatic carbocycles. The molecule has 29 heavy (non-hydrogen) atoms. The summed E-state index contributed by atoms with van der Waals surface area (Å²) in [5.41, 5.74) is 10.9. The Morgan fingerprint density at radius 3 is 2.31 bits per heavy atom. The first-order chi connectivity index (χ1) is 14.2. The fourth-order valence-electron chi connectivity index (χ4n) is 3.51. The predicted octanol–water partition coefficient (Wildman–Crippen LogP) is 3.74. The molecule has 0 saturated carbocycles. The van der Waals surface area contributed by atoms with E-state index in [0.717, 1.165) is 16.7 Å². The van der Waals surface area contributed by atoms with Gasteiger partial charge in [-0.15, -0.1) is 10.2 Å². The summed E-state index contributed by atoms with van der Waals surface area (Å²) in [6.07, 6.45) is 0.990. The second-order valence-corrected chi connectivity index (χ2v) is 7.00. The van der Waals surface area contributed by atoms with Crippen molar-refractivity contribution in [2.75, 3.05) is 0 Å². The topological polar surface area (TPSA) is 97.5 Å². The van der Waals surface area contributed by atoms with Gasteiger partial charge < -0.3 is 5.73 Å². The van der Waals surface area contributed by atoms with Crippen LogP contribution in [0, 0.1) is 0 Å². The van der Waals surface area contributed by atoms with Gasteiger partial charge in [-0.1, -0.05) is 72.8 Å². The summed E-state index contributed by atoms with van der Waals surface area (Å²) in [6, 6.07) is 26.6. The number of benzene rings is 3. The monoisotopic (exact) mass is 383 g/mol. The number of amides is 1. The maximum absolute atomic E-state index is 11.7. The fourth-order valence-corrected chi connectivity index (χ4v) is 3.51. The Morgan fingerprint density at radius 2 is 1.62 bits per heavy atom. The second kappa shape index (κ2) is 8.48. The number of hydrogen-bond acceptors (Lipinski definition) is 4. The lowest BCUT2D eigenvalue weighted by Gasteiger charge is -2.17. The molecule has 1 amide bonds. The van der Waals surface area contributed by atoms with Crippen LogP contribution in [0.15, 0.2) is 78.9 Å². The van der Waals surface area contributed by atoms with Crippen LogP contribution in [0.2, 0.25) is 0 Å². The van der Waals surface area contributed by atoms with Crippen molar-refractivity contribution in [2.24, 2.45) is 5.73 Å². The minimum absolute atomic E-state index is 0.0260. The molecule has 6 nitrogen and oxygen atoms in total. The SMILES string of the molecule is NC(=O)CC(Cc1ccc(-c2ccccc2)cc1)c1cccc(-c2nn[nH]n2)c1. The number of carbonyl (C=O) groups is 1. The van der Waals surface area contributed by atoms with Crippen molar-refractivity contribution in [1.29, 1.82) is 0 Å². The van der Waals surface area contributed by atoms with Gasteiger partial charge in [-0.3, -0.25) is 4.79 Å². The molecule has 6 heteroatoms. The molecule has 0 aliphatic heterocycles. The fraction of sp³-hybridized carbons (Fsp3) is 0.130. The van der Waals surface area contributed by atoms with Gasteiger partial charge >= 0.3 is 0 Å². The Bertz CT molecular complexity index is 1080. The van der Waals surface area contributed by atoms with Crippen LogP contribution in [0.1, 0.15) is 23.5 Å². The smallest absolute Gasteiger partial charge is 0.218 e. The summed E-state index contributed by atoms with van der Waals surface area (Å²) in [6.45, 7) is 0. The van der Waals surface area contributed by atoms with E-state index >= 15 is 0 Å². The molecule has 1 heterocycles. The summed E-state index contributed by atoms with van der Waals surface area (Å²) >= 11 is 0. The van der Waals surface area contributed by atoms with Gasteiger partial charge in [-0.05, 0) is 45.9 Å². The van der Waals surface area contributed by atoms with Crippen LogP contribution >= 0.6 is 0 Å². The molecule has 144 valence electrons. The Hall–Kier alpha value is -3.80. The molecule has 0 radical (unpaired) electrons. The number of H-pyrrole nitrogens is 1. The van der Waals surface area contributed by atoms with E-state index < -0.39 is 0 Å². The van der Waals surface area contributed by atoms with Gasteiger partial charge in [0.25, 0.3) is 0 Å². The van der Waals surface area contributed by atoms with Crippen molar-refractivity contribution >= 4 is 5.91 Å². The minimum atomic E-state index is -0.319. The van der Waals surface area contributed by atoms with Gasteiger partial charge in [0.2, 0.25) is 11.7 Å². The molecule has 0 aliphatic rings. The van der Waals surface area contributed by atoms with E-state index in [4.69, 9.17) is 5.73 Å². The van der Waals surface area contributed by atoms with Crippen molar-refractivity contribution in [2.45, 2.75) is 18.8 Å². The highest BCUT2D eigenvalue weighted by Gasteiger charge is 2.17. The van der Waals surface area contributed by atoms with Crippen LogP contribution in [0.25, 0.3) is 22.5 Å². The number of aromatic nitrogens is 4. The van der Waals surface area contributed by atoms with E-state index in [2.05, 4.69) is 57.0 Å². The van der Waals surface area contributed by atoms with E-state index in [-0.39, 0.29) is 18.2 Å². The largest absolute Gasteiger partial charge is 0.370 e. The van der Waals surface area contributed by atoms with Gasteiger partial charge in [0.15, 0.2) is 0 Å². The Labute approximate surface area is 168 Å². The molecule has 4 rings (SSSR count). The van der Waals surface area contributed by atoms with Crippen LogP contribution in [0.3, 0.4) is 0 Å². The van der Waals surface area contributed by atoms with E-state index in [1.165, 1.54) is 11.1 Å². The van der Waals surface area contributed by atoms with Crippen molar-refractivity contribution < 1.29 is 4.79 Å². The third-order valence-electron chi connectivity index (χ3n) is 4.95. The van der Waals surface area contributed by atoms with Crippen LogP contribution in [-0.2, 0) is 11.2 Å². The number of rotatable bonds is 7. The molecule has 1 aromatic heterocycles. The lowest BCUT2D eigenvalue weighted by molar-refractivity contribution is -0.118. The number of nitrogens with one attached hydrogen (secondary N) is 1. The Kier molecular flexibility index (Phi) is 5.42. The maximum atomic E-state index is 11.7. The number of primary amides is 1. The van der Waals surface area contributed by atoms with E-state index in [1.807, 2.05) is 42.5 Å². The van der Waals surface area contributed by atoms with E-state index in [1.54, 1.807) is 0 Å². The van der Waals surface area contributed by atoms with Crippen molar-refractivity contribution in [3.8, 4) is 22.5 Å². The zero-order valence-electron chi connectivity index (χ0n) is 15.8. The lowest BCUT2D eigenvalue weighted by atomic mass is 9.87. The van der Waals surface area contributed by atoms with Crippen LogP contribution in [-0.4, -0.2) is 26.5 Å². The zero-order valence-corrected chi connectivity index (χ0v) is 15.8. The van der Waals surface area contributed by atoms with Crippen LogP contribution in [0.4, 0.5) is 0 Å². The molecular weight excluding hydrogens is 362 g/mol. The molecular formula is C23H21N5O. The Balaban J connectivity index is 1.58. The molecule has 3 aromatic carbocycles. The number of hydrogen-bond donors (Lipinski definition) is 2. The molecule has 0 spiro atoms. The van der Waals surface area contributed by atoms with Crippen LogP contribution in [0.5, 0.6) is 0 Å². The molecule has 1 atom stereocenters. The summed E-state index contributed by atoms with van der Waals surface area (Å²) < 4.78 is 0. The number of tetrazole rings is 1. The third kappa shape index (κ3) is 4.55.